The Bertz CT molecular complexity index is 919. The standard InChI is InChI=1S/C23H27N3O4/c1-16(2)24-21(28)23(30)26-12-10-25(11-13-26)22(29)19-15-18(8-9-20(19)27)14-17-6-4-3-5-7-17/h3-9,15-16,27H,10-14H2,1-2H3,(H,24,28). The van der Waals surface area contributed by atoms with E-state index in [-0.39, 0.29) is 36.4 Å². The molecule has 0 unspecified atom stereocenters. The van der Waals surface area contributed by atoms with Crippen molar-refractivity contribution in [3.63, 3.8) is 0 Å². The fourth-order valence-corrected chi connectivity index (χ4v) is 3.45. The number of nitrogens with one attached hydrogen (secondary N) is 1. The van der Waals surface area contributed by atoms with Crippen molar-refractivity contribution < 1.29 is 19.5 Å². The van der Waals surface area contributed by atoms with E-state index in [0.717, 1.165) is 11.1 Å². The molecule has 0 saturated carbocycles. The zero-order valence-electron chi connectivity index (χ0n) is 17.3. The minimum absolute atomic E-state index is 0.0633. The minimum atomic E-state index is -0.629. The topological polar surface area (TPSA) is 90.0 Å². The van der Waals surface area contributed by atoms with Gasteiger partial charge in [0.05, 0.1) is 5.56 Å². The molecule has 1 fully saturated rings. The molecule has 158 valence electrons. The second-order valence-electron chi connectivity index (χ2n) is 7.73. The van der Waals surface area contributed by atoms with E-state index in [4.69, 9.17) is 0 Å². The average Bonchev–Trinajstić information content (AvgIpc) is 2.74. The quantitative estimate of drug-likeness (QED) is 0.754. The number of nitrogens with zero attached hydrogens (tertiary/aromatic N) is 2. The van der Waals surface area contributed by atoms with Gasteiger partial charge in [0.25, 0.3) is 5.91 Å². The van der Waals surface area contributed by atoms with E-state index < -0.39 is 11.8 Å². The summed E-state index contributed by atoms with van der Waals surface area (Å²) in [5, 5.41) is 12.8. The van der Waals surface area contributed by atoms with Crippen LogP contribution in [-0.4, -0.2) is 64.8 Å². The number of aromatic hydroxyl groups is 1. The molecule has 3 amide bonds. The van der Waals surface area contributed by atoms with Crippen molar-refractivity contribution in [1.29, 1.82) is 0 Å². The predicted octanol–water partition coefficient (Wildman–Crippen LogP) is 1.79. The Morgan fingerprint density at radius 3 is 2.20 bits per heavy atom. The molecule has 2 aromatic carbocycles. The summed E-state index contributed by atoms with van der Waals surface area (Å²) in [4.78, 5) is 40.1. The molecule has 0 spiro atoms. The number of benzene rings is 2. The Morgan fingerprint density at radius 2 is 1.57 bits per heavy atom. The van der Waals surface area contributed by atoms with Crippen molar-refractivity contribution in [2.24, 2.45) is 0 Å². The Morgan fingerprint density at radius 1 is 0.933 bits per heavy atom. The van der Waals surface area contributed by atoms with Gasteiger partial charge in [0.1, 0.15) is 5.75 Å². The molecule has 1 heterocycles. The Kier molecular flexibility index (Phi) is 6.72. The van der Waals surface area contributed by atoms with Crippen LogP contribution in [0.2, 0.25) is 0 Å². The number of phenols is 1. The monoisotopic (exact) mass is 409 g/mol. The fourth-order valence-electron chi connectivity index (χ4n) is 3.45. The summed E-state index contributed by atoms with van der Waals surface area (Å²) < 4.78 is 0. The molecule has 1 saturated heterocycles. The van der Waals surface area contributed by atoms with Crippen LogP contribution in [0.4, 0.5) is 0 Å². The van der Waals surface area contributed by atoms with E-state index >= 15 is 0 Å². The normalized spacial score (nSPS) is 14.0. The number of hydrogen-bond donors (Lipinski definition) is 2. The van der Waals surface area contributed by atoms with Crippen LogP contribution in [0.5, 0.6) is 5.75 Å². The van der Waals surface area contributed by atoms with Crippen LogP contribution in [0, 0.1) is 0 Å². The maximum atomic E-state index is 13.0. The molecule has 3 rings (SSSR count). The molecule has 0 radical (unpaired) electrons. The van der Waals surface area contributed by atoms with Crippen LogP contribution >= 0.6 is 0 Å². The van der Waals surface area contributed by atoms with Gasteiger partial charge in [0.2, 0.25) is 0 Å². The lowest BCUT2D eigenvalue weighted by molar-refractivity contribution is -0.147. The van der Waals surface area contributed by atoms with Crippen LogP contribution < -0.4 is 5.32 Å². The van der Waals surface area contributed by atoms with Gasteiger partial charge in [-0.15, -0.1) is 0 Å². The molecule has 1 aliphatic heterocycles. The molecule has 2 N–H and O–H groups in total. The molecular formula is C23H27N3O4. The number of piperazine rings is 1. The molecule has 0 atom stereocenters. The van der Waals surface area contributed by atoms with Crippen molar-refractivity contribution >= 4 is 17.7 Å². The second kappa shape index (κ2) is 9.43. The molecule has 0 aromatic heterocycles. The number of carbonyl (C=O) groups excluding carboxylic acids is 3. The van der Waals surface area contributed by atoms with E-state index in [0.29, 0.717) is 19.5 Å². The molecule has 0 aliphatic carbocycles. The third kappa shape index (κ3) is 5.17. The first-order valence-electron chi connectivity index (χ1n) is 10.1. The summed E-state index contributed by atoms with van der Waals surface area (Å²) in [5.74, 6) is -1.55. The van der Waals surface area contributed by atoms with Crippen LogP contribution in [-0.2, 0) is 16.0 Å². The van der Waals surface area contributed by atoms with Gasteiger partial charge < -0.3 is 20.2 Å². The number of hydrogen-bond acceptors (Lipinski definition) is 4. The second-order valence-corrected chi connectivity index (χ2v) is 7.73. The van der Waals surface area contributed by atoms with Crippen molar-refractivity contribution in [2.75, 3.05) is 26.2 Å². The first kappa shape index (κ1) is 21.4. The molecule has 7 nitrogen and oxygen atoms in total. The van der Waals surface area contributed by atoms with Gasteiger partial charge in [-0.25, -0.2) is 0 Å². The highest BCUT2D eigenvalue weighted by atomic mass is 16.3. The van der Waals surface area contributed by atoms with Gasteiger partial charge in [-0.05, 0) is 43.5 Å². The zero-order valence-corrected chi connectivity index (χ0v) is 17.3. The van der Waals surface area contributed by atoms with Gasteiger partial charge in [-0.2, -0.15) is 0 Å². The first-order valence-corrected chi connectivity index (χ1v) is 10.1. The van der Waals surface area contributed by atoms with Crippen LogP contribution in [0.1, 0.15) is 35.3 Å². The largest absolute Gasteiger partial charge is 0.507 e. The van der Waals surface area contributed by atoms with E-state index in [2.05, 4.69) is 5.32 Å². The fraction of sp³-hybridized carbons (Fsp3) is 0.348. The number of rotatable bonds is 4. The van der Waals surface area contributed by atoms with Crippen molar-refractivity contribution in [3.05, 3.63) is 65.2 Å². The number of amides is 3. The lowest BCUT2D eigenvalue weighted by Crippen LogP contribution is -2.54. The number of carbonyl (C=O) groups is 3. The molecule has 1 aliphatic rings. The molecule has 0 bridgehead atoms. The average molecular weight is 409 g/mol. The van der Waals surface area contributed by atoms with Crippen LogP contribution in [0.15, 0.2) is 48.5 Å². The highest BCUT2D eigenvalue weighted by Gasteiger charge is 2.29. The van der Waals surface area contributed by atoms with E-state index in [1.54, 1.807) is 30.9 Å². The third-order valence-corrected chi connectivity index (χ3v) is 5.01. The summed E-state index contributed by atoms with van der Waals surface area (Å²) in [7, 11) is 0. The lowest BCUT2D eigenvalue weighted by atomic mass is 10.0. The summed E-state index contributed by atoms with van der Waals surface area (Å²) in [6.45, 7) is 4.76. The predicted molar refractivity (Wildman–Crippen MR) is 113 cm³/mol. The maximum absolute atomic E-state index is 13.0. The van der Waals surface area contributed by atoms with Gasteiger partial charge in [0, 0.05) is 32.2 Å². The van der Waals surface area contributed by atoms with Crippen LogP contribution in [0.3, 0.4) is 0 Å². The molecule has 30 heavy (non-hydrogen) atoms. The Labute approximate surface area is 176 Å². The highest BCUT2D eigenvalue weighted by Crippen LogP contribution is 2.23. The van der Waals surface area contributed by atoms with Gasteiger partial charge in [-0.3, -0.25) is 14.4 Å². The van der Waals surface area contributed by atoms with E-state index in [1.165, 1.54) is 4.90 Å². The van der Waals surface area contributed by atoms with Crippen molar-refractivity contribution in [2.45, 2.75) is 26.3 Å². The van der Waals surface area contributed by atoms with E-state index in [9.17, 15) is 19.5 Å². The van der Waals surface area contributed by atoms with Crippen molar-refractivity contribution in [3.8, 4) is 5.75 Å². The number of phenolic OH excluding ortho intramolecular Hbond substituents is 1. The molecular weight excluding hydrogens is 382 g/mol. The minimum Gasteiger partial charge on any atom is -0.507 e. The zero-order chi connectivity index (χ0) is 21.7. The SMILES string of the molecule is CC(C)NC(=O)C(=O)N1CCN(C(=O)c2cc(Cc3ccccc3)ccc2O)CC1. The summed E-state index contributed by atoms with van der Waals surface area (Å²) >= 11 is 0. The third-order valence-electron chi connectivity index (χ3n) is 5.01. The van der Waals surface area contributed by atoms with Crippen molar-refractivity contribution in [1.82, 2.24) is 15.1 Å². The summed E-state index contributed by atoms with van der Waals surface area (Å²) in [6, 6.07) is 14.9. The summed E-state index contributed by atoms with van der Waals surface area (Å²) in [6.07, 6.45) is 0.661. The Balaban J connectivity index is 1.64. The smallest absolute Gasteiger partial charge is 0.312 e. The first-order chi connectivity index (χ1) is 14.3. The summed E-state index contributed by atoms with van der Waals surface area (Å²) in [5.41, 5.74) is 2.30. The Hall–Kier alpha value is -3.35. The van der Waals surface area contributed by atoms with Gasteiger partial charge in [-0.1, -0.05) is 36.4 Å². The highest BCUT2D eigenvalue weighted by molar-refractivity contribution is 6.35. The van der Waals surface area contributed by atoms with Gasteiger partial charge in [0.15, 0.2) is 0 Å². The van der Waals surface area contributed by atoms with E-state index in [1.807, 2.05) is 36.4 Å². The molecule has 7 heteroatoms. The van der Waals surface area contributed by atoms with Gasteiger partial charge >= 0.3 is 11.8 Å². The molecule has 2 aromatic rings. The van der Waals surface area contributed by atoms with Crippen LogP contribution in [0.25, 0.3) is 0 Å². The lowest BCUT2D eigenvalue weighted by Gasteiger charge is -2.34. The maximum Gasteiger partial charge on any atom is 0.312 e.